The Morgan fingerprint density at radius 1 is 1.12 bits per heavy atom. The number of amides is 1. The van der Waals surface area contributed by atoms with Gasteiger partial charge >= 0.3 is 0 Å². The van der Waals surface area contributed by atoms with Crippen LogP contribution >= 0.6 is 11.3 Å². The van der Waals surface area contributed by atoms with Crippen LogP contribution in [0.4, 0.5) is 5.13 Å². The Balaban J connectivity index is 1.75. The number of nitrogens with zero attached hydrogens (tertiary/aromatic N) is 2. The van der Waals surface area contributed by atoms with Crippen molar-refractivity contribution >= 4 is 32.7 Å². The third kappa shape index (κ3) is 3.71. The predicted octanol–water partition coefficient (Wildman–Crippen LogP) is 3.51. The third-order valence-electron chi connectivity index (χ3n) is 3.73. The van der Waals surface area contributed by atoms with Gasteiger partial charge in [0, 0.05) is 5.69 Å². The number of thiazole rings is 1. The van der Waals surface area contributed by atoms with Gasteiger partial charge in [0.15, 0.2) is 22.3 Å². The zero-order chi connectivity index (χ0) is 18.0. The molecule has 0 aliphatic rings. The number of aryl methyl sites for hydroxylation is 2. The lowest BCUT2D eigenvalue weighted by molar-refractivity contribution is -0.115. The largest absolute Gasteiger partial charge is 0.493 e. The number of anilines is 1. The van der Waals surface area contributed by atoms with E-state index in [0.717, 1.165) is 21.5 Å². The second-order valence-corrected chi connectivity index (χ2v) is 6.67. The van der Waals surface area contributed by atoms with E-state index in [0.29, 0.717) is 22.3 Å². The molecule has 0 atom stereocenters. The van der Waals surface area contributed by atoms with E-state index >= 15 is 0 Å². The van der Waals surface area contributed by atoms with Gasteiger partial charge in [-0.15, -0.1) is 0 Å². The summed E-state index contributed by atoms with van der Waals surface area (Å²) in [6, 6.07) is 7.44. The summed E-state index contributed by atoms with van der Waals surface area (Å²) in [6.07, 6.45) is 0.224. The average molecular weight is 357 g/mol. The molecule has 1 amide bonds. The summed E-state index contributed by atoms with van der Waals surface area (Å²) in [5.41, 5.74) is 3.53. The van der Waals surface area contributed by atoms with Gasteiger partial charge in [0.2, 0.25) is 5.91 Å². The molecular weight excluding hydrogens is 338 g/mol. The summed E-state index contributed by atoms with van der Waals surface area (Å²) in [4.78, 5) is 21.1. The van der Waals surface area contributed by atoms with Crippen LogP contribution in [0.3, 0.4) is 0 Å². The molecular formula is C18H19N3O3S. The quantitative estimate of drug-likeness (QED) is 0.756. The number of aromatic nitrogens is 2. The van der Waals surface area contributed by atoms with Crippen LogP contribution < -0.4 is 14.8 Å². The Morgan fingerprint density at radius 3 is 2.60 bits per heavy atom. The highest BCUT2D eigenvalue weighted by atomic mass is 32.1. The van der Waals surface area contributed by atoms with Crippen LogP contribution in [0.5, 0.6) is 11.5 Å². The fourth-order valence-corrected chi connectivity index (χ4v) is 3.51. The van der Waals surface area contributed by atoms with Crippen molar-refractivity contribution in [2.24, 2.45) is 0 Å². The molecule has 2 aromatic heterocycles. The van der Waals surface area contributed by atoms with Crippen LogP contribution in [0.15, 0.2) is 24.3 Å². The number of ether oxygens (including phenoxy) is 2. The molecule has 1 aromatic carbocycles. The van der Waals surface area contributed by atoms with E-state index in [9.17, 15) is 4.79 Å². The Labute approximate surface area is 149 Å². The third-order valence-corrected chi connectivity index (χ3v) is 4.83. The van der Waals surface area contributed by atoms with Crippen molar-refractivity contribution in [3.05, 3.63) is 41.1 Å². The molecule has 0 saturated heterocycles. The van der Waals surface area contributed by atoms with Crippen molar-refractivity contribution < 1.29 is 14.3 Å². The standard InChI is InChI=1S/C18H19N3O3S/c1-10-7-11(2)19-17-16(10)25-18(21-17)20-15(22)9-12-5-6-13(23-3)14(8-12)24-4/h5-8H,9H2,1-4H3,(H,19,20,21,22). The van der Waals surface area contributed by atoms with E-state index in [1.807, 2.05) is 26.0 Å². The molecule has 1 N–H and O–H groups in total. The number of carbonyl (C=O) groups excluding carboxylic acids is 1. The number of rotatable bonds is 5. The van der Waals surface area contributed by atoms with E-state index in [1.165, 1.54) is 11.3 Å². The molecule has 25 heavy (non-hydrogen) atoms. The lowest BCUT2D eigenvalue weighted by Gasteiger charge is -2.09. The predicted molar refractivity (Wildman–Crippen MR) is 98.8 cm³/mol. The molecule has 2 heterocycles. The van der Waals surface area contributed by atoms with Crippen LogP contribution in [-0.2, 0) is 11.2 Å². The molecule has 0 radical (unpaired) electrons. The average Bonchev–Trinajstić information content (AvgIpc) is 2.97. The highest BCUT2D eigenvalue weighted by Crippen LogP contribution is 2.29. The summed E-state index contributed by atoms with van der Waals surface area (Å²) < 4.78 is 11.5. The first kappa shape index (κ1) is 17.2. The first-order chi connectivity index (χ1) is 12.0. The van der Waals surface area contributed by atoms with Crippen molar-refractivity contribution in [1.82, 2.24) is 9.97 Å². The maximum Gasteiger partial charge on any atom is 0.230 e. The molecule has 0 unspecified atom stereocenters. The van der Waals surface area contributed by atoms with Gasteiger partial charge in [-0.2, -0.15) is 4.98 Å². The fourth-order valence-electron chi connectivity index (χ4n) is 2.62. The monoisotopic (exact) mass is 357 g/mol. The Morgan fingerprint density at radius 2 is 1.88 bits per heavy atom. The molecule has 0 aliphatic carbocycles. The van der Waals surface area contributed by atoms with Crippen molar-refractivity contribution in [2.75, 3.05) is 19.5 Å². The fraction of sp³-hybridized carbons (Fsp3) is 0.278. The molecule has 0 saturated carbocycles. The molecule has 3 rings (SSSR count). The number of methoxy groups -OCH3 is 2. The van der Waals surface area contributed by atoms with Crippen molar-refractivity contribution in [3.63, 3.8) is 0 Å². The molecule has 7 heteroatoms. The molecule has 0 bridgehead atoms. The van der Waals surface area contributed by atoms with Gasteiger partial charge in [0.25, 0.3) is 0 Å². The van der Waals surface area contributed by atoms with Gasteiger partial charge in [-0.3, -0.25) is 4.79 Å². The van der Waals surface area contributed by atoms with Gasteiger partial charge in [-0.05, 0) is 43.2 Å². The molecule has 0 aliphatic heterocycles. The summed E-state index contributed by atoms with van der Waals surface area (Å²) in [5.74, 6) is 1.10. The van der Waals surface area contributed by atoms with Gasteiger partial charge in [0.1, 0.15) is 0 Å². The maximum atomic E-state index is 12.3. The van der Waals surface area contributed by atoms with E-state index in [1.54, 1.807) is 26.4 Å². The lowest BCUT2D eigenvalue weighted by Crippen LogP contribution is -2.14. The number of carbonyl (C=O) groups is 1. The van der Waals surface area contributed by atoms with Crippen LogP contribution in [0, 0.1) is 13.8 Å². The Kier molecular flexibility index (Phi) is 4.85. The van der Waals surface area contributed by atoms with E-state index < -0.39 is 0 Å². The summed E-state index contributed by atoms with van der Waals surface area (Å²) in [5, 5.41) is 3.41. The SMILES string of the molecule is COc1ccc(CC(=O)Nc2nc3nc(C)cc(C)c3s2)cc1OC. The Bertz CT molecular complexity index is 937. The van der Waals surface area contributed by atoms with Crippen LogP contribution in [0.25, 0.3) is 10.3 Å². The number of benzene rings is 1. The first-order valence-electron chi connectivity index (χ1n) is 7.75. The second-order valence-electron chi connectivity index (χ2n) is 5.67. The van der Waals surface area contributed by atoms with Crippen molar-refractivity contribution in [1.29, 1.82) is 0 Å². The molecule has 0 fully saturated rings. The molecule has 0 spiro atoms. The molecule has 130 valence electrons. The summed E-state index contributed by atoms with van der Waals surface area (Å²) in [7, 11) is 3.15. The number of pyridine rings is 1. The van der Waals surface area contributed by atoms with Crippen molar-refractivity contribution in [2.45, 2.75) is 20.3 Å². The van der Waals surface area contributed by atoms with E-state index in [2.05, 4.69) is 15.3 Å². The van der Waals surface area contributed by atoms with Gasteiger partial charge in [0.05, 0.1) is 25.3 Å². The minimum absolute atomic E-state index is 0.138. The number of fused-ring (bicyclic) bond motifs is 1. The van der Waals surface area contributed by atoms with Gasteiger partial charge in [-0.1, -0.05) is 17.4 Å². The zero-order valence-electron chi connectivity index (χ0n) is 14.5. The highest BCUT2D eigenvalue weighted by Gasteiger charge is 2.12. The number of nitrogens with one attached hydrogen (secondary N) is 1. The van der Waals surface area contributed by atoms with Gasteiger partial charge < -0.3 is 14.8 Å². The van der Waals surface area contributed by atoms with Crippen molar-refractivity contribution in [3.8, 4) is 11.5 Å². The normalized spacial score (nSPS) is 10.7. The highest BCUT2D eigenvalue weighted by molar-refractivity contribution is 7.22. The smallest absolute Gasteiger partial charge is 0.230 e. The second kappa shape index (κ2) is 7.06. The minimum atomic E-state index is -0.138. The topological polar surface area (TPSA) is 73.3 Å². The van der Waals surface area contributed by atoms with Crippen LogP contribution in [0.2, 0.25) is 0 Å². The number of hydrogen-bond acceptors (Lipinski definition) is 6. The summed E-state index contributed by atoms with van der Waals surface area (Å²) in [6.45, 7) is 3.95. The van der Waals surface area contributed by atoms with Crippen LogP contribution in [-0.4, -0.2) is 30.1 Å². The molecule has 3 aromatic rings. The van der Waals surface area contributed by atoms with E-state index in [4.69, 9.17) is 9.47 Å². The summed E-state index contributed by atoms with van der Waals surface area (Å²) >= 11 is 1.43. The molecule has 6 nitrogen and oxygen atoms in total. The van der Waals surface area contributed by atoms with Crippen LogP contribution in [0.1, 0.15) is 16.8 Å². The van der Waals surface area contributed by atoms with Gasteiger partial charge in [-0.25, -0.2) is 4.98 Å². The Hall–Kier alpha value is -2.67. The minimum Gasteiger partial charge on any atom is -0.493 e. The lowest BCUT2D eigenvalue weighted by atomic mass is 10.1. The first-order valence-corrected chi connectivity index (χ1v) is 8.57. The zero-order valence-corrected chi connectivity index (χ0v) is 15.4. The maximum absolute atomic E-state index is 12.3. The number of hydrogen-bond donors (Lipinski definition) is 1. The van der Waals surface area contributed by atoms with E-state index in [-0.39, 0.29) is 12.3 Å².